The number of H-pyrrole nitrogens is 1. The highest BCUT2D eigenvalue weighted by Crippen LogP contribution is 2.27. The zero-order chi connectivity index (χ0) is 13.3. The molecule has 2 rings (SSSR count). The summed E-state index contributed by atoms with van der Waals surface area (Å²) in [6.07, 6.45) is 0. The average Bonchev–Trinajstić information content (AvgIpc) is 2.69. The summed E-state index contributed by atoms with van der Waals surface area (Å²) in [5.74, 6) is 0. The molecule has 0 atom stereocenters. The summed E-state index contributed by atoms with van der Waals surface area (Å²) >= 11 is 0. The molecule has 3 nitrogen and oxygen atoms in total. The van der Waals surface area contributed by atoms with E-state index in [1.165, 1.54) is 5.56 Å². The highest BCUT2D eigenvalue weighted by Gasteiger charge is 2.14. The third kappa shape index (κ3) is 2.31. The molecule has 3 heteroatoms. The maximum atomic E-state index is 5.65. The van der Waals surface area contributed by atoms with Crippen LogP contribution in [0.4, 0.5) is 0 Å². The van der Waals surface area contributed by atoms with E-state index in [0.717, 1.165) is 22.5 Å². The van der Waals surface area contributed by atoms with Crippen molar-refractivity contribution < 1.29 is 0 Å². The maximum absolute atomic E-state index is 5.65. The molecule has 0 saturated carbocycles. The smallest absolute Gasteiger partial charge is 0.0953 e. The fraction of sp³-hybridized carbons (Fsp3) is 0.400. The summed E-state index contributed by atoms with van der Waals surface area (Å²) in [5.41, 5.74) is 11.4. The zero-order valence-corrected chi connectivity index (χ0v) is 11.5. The number of hydrogen-bond donors (Lipinski definition) is 2. The first-order valence-electron chi connectivity index (χ1n) is 6.28. The Morgan fingerprint density at radius 1 is 1.17 bits per heavy atom. The van der Waals surface area contributed by atoms with Crippen LogP contribution in [-0.4, -0.2) is 10.2 Å². The van der Waals surface area contributed by atoms with Crippen LogP contribution in [0.1, 0.15) is 37.6 Å². The summed E-state index contributed by atoms with van der Waals surface area (Å²) in [7, 11) is 0. The lowest BCUT2D eigenvalue weighted by atomic mass is 9.86. The molecular formula is C15H21N3. The number of rotatable bonds is 2. The van der Waals surface area contributed by atoms with E-state index in [0.29, 0.717) is 6.54 Å². The average molecular weight is 243 g/mol. The van der Waals surface area contributed by atoms with Gasteiger partial charge in [-0.3, -0.25) is 5.10 Å². The quantitative estimate of drug-likeness (QED) is 0.851. The van der Waals surface area contributed by atoms with Crippen LogP contribution in [0.5, 0.6) is 0 Å². The van der Waals surface area contributed by atoms with Crippen molar-refractivity contribution in [2.45, 2.75) is 39.7 Å². The van der Waals surface area contributed by atoms with Crippen LogP contribution < -0.4 is 5.73 Å². The van der Waals surface area contributed by atoms with E-state index >= 15 is 0 Å². The Morgan fingerprint density at radius 3 is 2.22 bits per heavy atom. The van der Waals surface area contributed by atoms with Crippen molar-refractivity contribution in [3.63, 3.8) is 0 Å². The Morgan fingerprint density at radius 2 is 1.78 bits per heavy atom. The topological polar surface area (TPSA) is 54.7 Å². The van der Waals surface area contributed by atoms with Crippen molar-refractivity contribution in [2.75, 3.05) is 0 Å². The third-order valence-corrected chi connectivity index (χ3v) is 3.34. The second-order valence-corrected chi connectivity index (χ2v) is 5.71. The van der Waals surface area contributed by atoms with E-state index in [9.17, 15) is 0 Å². The second kappa shape index (κ2) is 4.58. The Kier molecular flexibility index (Phi) is 3.26. The summed E-state index contributed by atoms with van der Waals surface area (Å²) in [6, 6.07) is 8.60. The van der Waals surface area contributed by atoms with Gasteiger partial charge in [0.15, 0.2) is 0 Å². The first kappa shape index (κ1) is 12.8. The highest BCUT2D eigenvalue weighted by molar-refractivity contribution is 5.64. The van der Waals surface area contributed by atoms with Crippen molar-refractivity contribution in [3.8, 4) is 11.3 Å². The number of nitrogens with zero attached hydrogens (tertiary/aromatic N) is 1. The second-order valence-electron chi connectivity index (χ2n) is 5.71. The van der Waals surface area contributed by atoms with Crippen LogP contribution in [0, 0.1) is 6.92 Å². The number of nitrogens with one attached hydrogen (secondary N) is 1. The lowest BCUT2D eigenvalue weighted by molar-refractivity contribution is 0.590. The van der Waals surface area contributed by atoms with Gasteiger partial charge in [-0.05, 0) is 23.5 Å². The van der Waals surface area contributed by atoms with Crippen LogP contribution in [0.3, 0.4) is 0 Å². The normalized spacial score (nSPS) is 11.8. The molecule has 0 saturated heterocycles. The van der Waals surface area contributed by atoms with Gasteiger partial charge in [-0.15, -0.1) is 0 Å². The SMILES string of the molecule is Cc1c(-c2ccc(C(C)(C)C)cc2)n[nH]c1CN. The van der Waals surface area contributed by atoms with Gasteiger partial charge in [0.25, 0.3) is 0 Å². The van der Waals surface area contributed by atoms with Crippen LogP contribution in [0.2, 0.25) is 0 Å². The largest absolute Gasteiger partial charge is 0.325 e. The first-order chi connectivity index (χ1) is 8.43. The summed E-state index contributed by atoms with van der Waals surface area (Å²) in [4.78, 5) is 0. The molecule has 0 spiro atoms. The van der Waals surface area contributed by atoms with Gasteiger partial charge in [0, 0.05) is 12.1 Å². The molecule has 0 fully saturated rings. The number of aromatic amines is 1. The predicted molar refractivity (Wildman–Crippen MR) is 75.4 cm³/mol. The van der Waals surface area contributed by atoms with E-state index in [2.05, 4.69) is 62.2 Å². The lowest BCUT2D eigenvalue weighted by Crippen LogP contribution is -2.10. The van der Waals surface area contributed by atoms with Gasteiger partial charge < -0.3 is 5.73 Å². The van der Waals surface area contributed by atoms with Gasteiger partial charge >= 0.3 is 0 Å². The zero-order valence-electron chi connectivity index (χ0n) is 11.5. The fourth-order valence-corrected chi connectivity index (χ4v) is 2.04. The third-order valence-electron chi connectivity index (χ3n) is 3.34. The molecule has 18 heavy (non-hydrogen) atoms. The van der Waals surface area contributed by atoms with Gasteiger partial charge in [0.2, 0.25) is 0 Å². The van der Waals surface area contributed by atoms with Crippen LogP contribution in [0.15, 0.2) is 24.3 Å². The molecule has 0 radical (unpaired) electrons. The van der Waals surface area contributed by atoms with Crippen molar-refractivity contribution in [3.05, 3.63) is 41.1 Å². The first-order valence-corrected chi connectivity index (χ1v) is 6.28. The molecule has 1 aromatic carbocycles. The molecule has 1 aromatic heterocycles. The van der Waals surface area contributed by atoms with Crippen molar-refractivity contribution >= 4 is 0 Å². The highest BCUT2D eigenvalue weighted by atomic mass is 15.1. The molecular weight excluding hydrogens is 222 g/mol. The van der Waals surface area contributed by atoms with Crippen LogP contribution in [-0.2, 0) is 12.0 Å². The Balaban J connectivity index is 2.37. The Hall–Kier alpha value is -1.61. The molecule has 3 N–H and O–H groups in total. The van der Waals surface area contributed by atoms with E-state index in [1.807, 2.05) is 0 Å². The maximum Gasteiger partial charge on any atom is 0.0953 e. The minimum atomic E-state index is 0.182. The fourth-order valence-electron chi connectivity index (χ4n) is 2.04. The number of hydrogen-bond acceptors (Lipinski definition) is 2. The lowest BCUT2D eigenvalue weighted by Gasteiger charge is -2.19. The van der Waals surface area contributed by atoms with Gasteiger partial charge in [0.1, 0.15) is 0 Å². The number of benzene rings is 1. The summed E-state index contributed by atoms with van der Waals surface area (Å²) in [6.45, 7) is 9.20. The van der Waals surface area contributed by atoms with Crippen LogP contribution >= 0.6 is 0 Å². The standard InChI is InChI=1S/C15H21N3/c1-10-13(9-16)17-18-14(10)11-5-7-12(8-6-11)15(2,3)4/h5-8H,9,16H2,1-4H3,(H,17,18). The number of aromatic nitrogens is 2. The van der Waals surface area contributed by atoms with Gasteiger partial charge in [-0.1, -0.05) is 45.0 Å². The molecule has 0 aliphatic rings. The van der Waals surface area contributed by atoms with E-state index < -0.39 is 0 Å². The molecule has 0 amide bonds. The van der Waals surface area contributed by atoms with E-state index in [4.69, 9.17) is 5.73 Å². The molecule has 0 aliphatic carbocycles. The van der Waals surface area contributed by atoms with Crippen molar-refractivity contribution in [1.29, 1.82) is 0 Å². The van der Waals surface area contributed by atoms with Crippen molar-refractivity contribution in [1.82, 2.24) is 10.2 Å². The Labute approximate surface area is 108 Å². The molecule has 1 heterocycles. The molecule has 0 bridgehead atoms. The van der Waals surface area contributed by atoms with Crippen LogP contribution in [0.25, 0.3) is 11.3 Å². The van der Waals surface area contributed by atoms with Crippen molar-refractivity contribution in [2.24, 2.45) is 5.73 Å². The Bertz CT molecular complexity index is 530. The minimum absolute atomic E-state index is 0.182. The summed E-state index contributed by atoms with van der Waals surface area (Å²) < 4.78 is 0. The molecule has 0 unspecified atom stereocenters. The minimum Gasteiger partial charge on any atom is -0.325 e. The van der Waals surface area contributed by atoms with Gasteiger partial charge in [0.05, 0.1) is 11.4 Å². The van der Waals surface area contributed by atoms with E-state index in [-0.39, 0.29) is 5.41 Å². The molecule has 96 valence electrons. The van der Waals surface area contributed by atoms with Gasteiger partial charge in [-0.2, -0.15) is 5.10 Å². The summed E-state index contributed by atoms with van der Waals surface area (Å²) in [5, 5.41) is 7.34. The monoisotopic (exact) mass is 243 g/mol. The van der Waals surface area contributed by atoms with Gasteiger partial charge in [-0.25, -0.2) is 0 Å². The molecule has 0 aliphatic heterocycles. The number of nitrogens with two attached hydrogens (primary N) is 1. The molecule has 2 aromatic rings. The predicted octanol–water partition coefficient (Wildman–Crippen LogP) is 3.14. The van der Waals surface area contributed by atoms with E-state index in [1.54, 1.807) is 0 Å².